The van der Waals surface area contributed by atoms with E-state index in [1.54, 1.807) is 18.2 Å². The van der Waals surface area contributed by atoms with Crippen molar-refractivity contribution in [2.45, 2.75) is 52.1 Å². The van der Waals surface area contributed by atoms with E-state index < -0.39 is 17.8 Å². The van der Waals surface area contributed by atoms with Gasteiger partial charge in [0.1, 0.15) is 11.3 Å². The molecule has 28 heavy (non-hydrogen) atoms. The number of hydrogen-bond acceptors (Lipinski definition) is 4. The molecule has 0 radical (unpaired) electrons. The van der Waals surface area contributed by atoms with Gasteiger partial charge in [-0.2, -0.15) is 0 Å². The number of rotatable bonds is 4. The SMILES string of the molecule is Cc1cc(C=C2C(=O)NC(=O)N(Cc3ccco3)C2=O)c(C)n1C1CCCC1. The Morgan fingerprint density at radius 2 is 1.96 bits per heavy atom. The van der Waals surface area contributed by atoms with Crippen LogP contribution in [0, 0.1) is 13.8 Å². The molecule has 1 aliphatic carbocycles. The molecule has 7 heteroatoms. The first kappa shape index (κ1) is 18.3. The van der Waals surface area contributed by atoms with Crippen molar-refractivity contribution in [3.8, 4) is 0 Å². The molecule has 0 unspecified atom stereocenters. The minimum atomic E-state index is -0.736. The lowest BCUT2D eigenvalue weighted by molar-refractivity contribution is -0.130. The molecule has 4 rings (SSSR count). The van der Waals surface area contributed by atoms with Crippen LogP contribution in [0.25, 0.3) is 6.08 Å². The molecule has 2 aliphatic rings. The highest BCUT2D eigenvalue weighted by Gasteiger charge is 2.36. The zero-order chi connectivity index (χ0) is 19.8. The van der Waals surface area contributed by atoms with Gasteiger partial charge >= 0.3 is 6.03 Å². The Labute approximate surface area is 163 Å². The van der Waals surface area contributed by atoms with E-state index in [9.17, 15) is 14.4 Å². The van der Waals surface area contributed by atoms with Crippen LogP contribution in [0.5, 0.6) is 0 Å². The van der Waals surface area contributed by atoms with E-state index in [4.69, 9.17) is 4.42 Å². The van der Waals surface area contributed by atoms with E-state index in [2.05, 4.69) is 9.88 Å². The lowest BCUT2D eigenvalue weighted by Crippen LogP contribution is -2.53. The number of carbonyl (C=O) groups excluding carboxylic acids is 3. The summed E-state index contributed by atoms with van der Waals surface area (Å²) in [5, 5.41) is 2.25. The Morgan fingerprint density at radius 3 is 2.64 bits per heavy atom. The maximum absolute atomic E-state index is 12.9. The molecule has 0 bridgehead atoms. The van der Waals surface area contributed by atoms with Gasteiger partial charge in [0.25, 0.3) is 11.8 Å². The maximum atomic E-state index is 12.9. The first-order valence-electron chi connectivity index (χ1n) is 9.55. The molecule has 2 fully saturated rings. The first-order chi connectivity index (χ1) is 13.5. The summed E-state index contributed by atoms with van der Waals surface area (Å²) in [6.45, 7) is 4.03. The van der Waals surface area contributed by atoms with E-state index in [0.29, 0.717) is 11.8 Å². The van der Waals surface area contributed by atoms with Crippen LogP contribution < -0.4 is 5.32 Å². The van der Waals surface area contributed by atoms with Crippen LogP contribution in [0.2, 0.25) is 0 Å². The monoisotopic (exact) mass is 381 g/mol. The molecule has 1 aliphatic heterocycles. The normalized spacial score (nSPS) is 19.7. The molecule has 1 N–H and O–H groups in total. The standard InChI is InChI=1S/C21H23N3O4/c1-13-10-15(14(2)24(13)16-6-3-4-7-16)11-18-19(25)22-21(27)23(20(18)26)12-17-8-5-9-28-17/h5,8-11,16H,3-4,6-7,12H2,1-2H3,(H,22,25,27). The van der Waals surface area contributed by atoms with Gasteiger partial charge in [0.05, 0.1) is 12.8 Å². The lowest BCUT2D eigenvalue weighted by atomic mass is 10.1. The van der Waals surface area contributed by atoms with Crippen LogP contribution in [-0.2, 0) is 16.1 Å². The number of barbiturate groups is 1. The number of imide groups is 2. The summed E-state index contributed by atoms with van der Waals surface area (Å²) in [4.78, 5) is 38.3. The quantitative estimate of drug-likeness (QED) is 0.649. The van der Waals surface area contributed by atoms with Gasteiger partial charge in [-0.15, -0.1) is 0 Å². The molecule has 0 aromatic carbocycles. The van der Waals surface area contributed by atoms with Crippen molar-refractivity contribution in [2.24, 2.45) is 0 Å². The third kappa shape index (κ3) is 3.17. The van der Waals surface area contributed by atoms with Gasteiger partial charge in [0.2, 0.25) is 0 Å². The second-order valence-corrected chi connectivity index (χ2v) is 7.42. The van der Waals surface area contributed by atoms with Gasteiger partial charge < -0.3 is 8.98 Å². The fourth-order valence-electron chi connectivity index (χ4n) is 4.22. The summed E-state index contributed by atoms with van der Waals surface area (Å²) in [6.07, 6.45) is 7.81. The first-order valence-corrected chi connectivity index (χ1v) is 9.55. The van der Waals surface area contributed by atoms with Crippen molar-refractivity contribution in [1.82, 2.24) is 14.8 Å². The Hall–Kier alpha value is -3.09. The number of aromatic nitrogens is 1. The molecule has 1 saturated carbocycles. The molecule has 0 atom stereocenters. The number of nitrogens with one attached hydrogen (secondary N) is 1. The second kappa shape index (κ2) is 7.14. The number of hydrogen-bond donors (Lipinski definition) is 1. The number of aryl methyl sites for hydroxylation is 1. The zero-order valence-electron chi connectivity index (χ0n) is 16.0. The Bertz CT molecular complexity index is 962. The number of furan rings is 1. The van der Waals surface area contributed by atoms with Crippen LogP contribution in [0.3, 0.4) is 0 Å². The summed E-state index contributed by atoms with van der Waals surface area (Å²) in [5.74, 6) is -0.816. The summed E-state index contributed by atoms with van der Waals surface area (Å²) in [5.41, 5.74) is 2.93. The average molecular weight is 381 g/mol. The number of amides is 4. The molecule has 7 nitrogen and oxygen atoms in total. The molecule has 3 heterocycles. The molecule has 4 amide bonds. The minimum absolute atomic E-state index is 0.0244. The number of urea groups is 1. The fourth-order valence-corrected chi connectivity index (χ4v) is 4.22. The van der Waals surface area contributed by atoms with Gasteiger partial charge in [0, 0.05) is 17.4 Å². The van der Waals surface area contributed by atoms with Crippen LogP contribution in [0.15, 0.2) is 34.5 Å². The second-order valence-electron chi connectivity index (χ2n) is 7.42. The van der Waals surface area contributed by atoms with E-state index in [0.717, 1.165) is 34.7 Å². The molecule has 2 aromatic rings. The van der Waals surface area contributed by atoms with Crippen LogP contribution >= 0.6 is 0 Å². The molecular formula is C21H23N3O4. The van der Waals surface area contributed by atoms with Gasteiger partial charge in [-0.3, -0.25) is 19.8 Å². The van der Waals surface area contributed by atoms with E-state index in [1.807, 2.05) is 19.9 Å². The van der Waals surface area contributed by atoms with Gasteiger partial charge in [-0.25, -0.2) is 4.79 Å². The highest BCUT2D eigenvalue weighted by molar-refractivity contribution is 6.31. The van der Waals surface area contributed by atoms with Crippen LogP contribution in [0.1, 0.15) is 54.4 Å². The summed E-state index contributed by atoms with van der Waals surface area (Å²) >= 11 is 0. The Morgan fingerprint density at radius 1 is 1.21 bits per heavy atom. The van der Waals surface area contributed by atoms with E-state index in [-0.39, 0.29) is 12.1 Å². The number of nitrogens with zero attached hydrogens (tertiary/aromatic N) is 2. The van der Waals surface area contributed by atoms with E-state index >= 15 is 0 Å². The van der Waals surface area contributed by atoms with Crippen molar-refractivity contribution in [2.75, 3.05) is 0 Å². The summed E-state index contributed by atoms with van der Waals surface area (Å²) < 4.78 is 7.53. The van der Waals surface area contributed by atoms with Crippen molar-refractivity contribution >= 4 is 23.9 Å². The number of carbonyl (C=O) groups is 3. The average Bonchev–Trinajstić information content (AvgIpc) is 3.38. The Balaban J connectivity index is 1.66. The fraction of sp³-hybridized carbons (Fsp3) is 0.381. The molecule has 2 aromatic heterocycles. The van der Waals surface area contributed by atoms with Crippen molar-refractivity contribution in [3.63, 3.8) is 0 Å². The highest BCUT2D eigenvalue weighted by Crippen LogP contribution is 2.34. The van der Waals surface area contributed by atoms with Gasteiger partial charge in [0.15, 0.2) is 0 Å². The van der Waals surface area contributed by atoms with Gasteiger partial charge in [-0.1, -0.05) is 12.8 Å². The minimum Gasteiger partial charge on any atom is -0.467 e. The largest absolute Gasteiger partial charge is 0.467 e. The Kier molecular flexibility index (Phi) is 4.66. The van der Waals surface area contributed by atoms with Crippen molar-refractivity contribution in [1.29, 1.82) is 0 Å². The van der Waals surface area contributed by atoms with Crippen LogP contribution in [-0.4, -0.2) is 27.3 Å². The molecule has 1 saturated heterocycles. The molecule has 0 spiro atoms. The topological polar surface area (TPSA) is 84.6 Å². The summed E-state index contributed by atoms with van der Waals surface area (Å²) in [6, 6.07) is 5.09. The van der Waals surface area contributed by atoms with Crippen LogP contribution in [0.4, 0.5) is 4.79 Å². The van der Waals surface area contributed by atoms with E-state index in [1.165, 1.54) is 19.1 Å². The third-order valence-electron chi connectivity index (χ3n) is 5.59. The van der Waals surface area contributed by atoms with Crippen molar-refractivity contribution < 1.29 is 18.8 Å². The molecular weight excluding hydrogens is 358 g/mol. The molecule has 146 valence electrons. The maximum Gasteiger partial charge on any atom is 0.331 e. The summed E-state index contributed by atoms with van der Waals surface area (Å²) in [7, 11) is 0. The predicted molar refractivity (Wildman–Crippen MR) is 102 cm³/mol. The van der Waals surface area contributed by atoms with Crippen molar-refractivity contribution in [3.05, 3.63) is 52.7 Å². The zero-order valence-corrected chi connectivity index (χ0v) is 16.0. The van der Waals surface area contributed by atoms with Gasteiger partial charge in [-0.05, 0) is 56.5 Å². The third-order valence-corrected chi connectivity index (χ3v) is 5.59. The predicted octanol–water partition coefficient (Wildman–Crippen LogP) is 3.48. The lowest BCUT2D eigenvalue weighted by Gasteiger charge is -2.25. The highest BCUT2D eigenvalue weighted by atomic mass is 16.3. The smallest absolute Gasteiger partial charge is 0.331 e.